The zero-order valence-electron chi connectivity index (χ0n) is 49.3. The van der Waals surface area contributed by atoms with Crippen molar-refractivity contribution >= 4 is 95.4 Å². The Labute approximate surface area is 488 Å². The van der Waals surface area contributed by atoms with Crippen LogP contribution in [0.5, 0.6) is 11.5 Å². The third-order valence-electron chi connectivity index (χ3n) is 17.6. The number of halogens is 1. The lowest BCUT2D eigenvalue weighted by Gasteiger charge is -2.41. The number of fused-ring (bicyclic) bond motifs is 10. The summed E-state index contributed by atoms with van der Waals surface area (Å²) in [5.74, 6) is 1.58. The van der Waals surface area contributed by atoms with Gasteiger partial charge in [0.1, 0.15) is 11.5 Å². The van der Waals surface area contributed by atoms with Gasteiger partial charge in [-0.25, -0.2) is 0 Å². The van der Waals surface area contributed by atoms with Crippen molar-refractivity contribution < 1.29 is 4.74 Å². The number of hydrogen-bond acceptors (Lipinski definition) is 2. The monoisotopic (exact) mass is 1090 g/mol. The van der Waals surface area contributed by atoms with Crippen LogP contribution in [-0.2, 0) is 21.7 Å². The van der Waals surface area contributed by atoms with E-state index in [-0.39, 0.29) is 28.4 Å². The minimum atomic E-state index is -0.187. The number of rotatable bonds is 5. The summed E-state index contributed by atoms with van der Waals surface area (Å²) >= 11 is 7.50. The summed E-state index contributed by atoms with van der Waals surface area (Å²) in [6.45, 7) is 27.5. The molecule has 6 heteroatoms. The molecule has 0 aliphatic carbocycles. The molecule has 0 spiro atoms. The van der Waals surface area contributed by atoms with Gasteiger partial charge in [0, 0.05) is 66.5 Å². The molecule has 12 aromatic rings. The number of nitrogens with zero attached hydrogens (tertiary/aromatic N) is 3. The first kappa shape index (κ1) is 51.9. The molecule has 0 saturated heterocycles. The maximum Gasteiger partial charge on any atom is 0.256 e. The maximum absolute atomic E-state index is 7.50. The molecule has 10 aromatic carbocycles. The van der Waals surface area contributed by atoms with Crippen LogP contribution < -0.4 is 26.0 Å². The molecule has 4 heterocycles. The van der Waals surface area contributed by atoms with E-state index in [9.17, 15) is 0 Å². The average Bonchev–Trinajstić information content (AvgIpc) is 1.69. The molecule has 0 radical (unpaired) electrons. The molecule has 2 aliphatic rings. The third kappa shape index (κ3) is 8.32. The molecule has 0 fully saturated rings. The van der Waals surface area contributed by atoms with Crippen LogP contribution in [0, 0.1) is 0 Å². The predicted molar refractivity (Wildman–Crippen MR) is 352 cm³/mol. The lowest BCUT2D eigenvalue weighted by molar-refractivity contribution is 0.487. The van der Waals surface area contributed by atoms with Gasteiger partial charge in [-0.2, -0.15) is 0 Å². The smallest absolute Gasteiger partial charge is 0.256 e. The summed E-state index contributed by atoms with van der Waals surface area (Å²) in [5.41, 5.74) is 23.0. The van der Waals surface area contributed by atoms with Crippen molar-refractivity contribution in [2.24, 2.45) is 0 Å². The molecule has 0 unspecified atom stereocenters. The van der Waals surface area contributed by atoms with Crippen LogP contribution in [0.3, 0.4) is 0 Å². The first-order chi connectivity index (χ1) is 39.1. The fraction of sp³-hybridized carbons (Fsp3) is 0.211. The van der Waals surface area contributed by atoms with E-state index in [1.165, 1.54) is 71.3 Å². The summed E-state index contributed by atoms with van der Waals surface area (Å²) in [4.78, 5) is 2.51. The molecule has 0 bridgehead atoms. The largest absolute Gasteiger partial charge is 0.458 e. The molecule has 2 aliphatic heterocycles. The molecule has 14 rings (SSSR count). The van der Waals surface area contributed by atoms with E-state index in [1.807, 2.05) is 6.07 Å². The van der Waals surface area contributed by atoms with E-state index < -0.39 is 0 Å². The fourth-order valence-corrected chi connectivity index (χ4v) is 13.4. The van der Waals surface area contributed by atoms with E-state index in [2.05, 4.69) is 291 Å². The molecule has 82 heavy (non-hydrogen) atoms. The van der Waals surface area contributed by atoms with Gasteiger partial charge in [-0.1, -0.05) is 210 Å². The van der Waals surface area contributed by atoms with Crippen molar-refractivity contribution in [1.82, 2.24) is 9.13 Å². The second kappa shape index (κ2) is 18.4. The van der Waals surface area contributed by atoms with Crippen molar-refractivity contribution in [1.29, 1.82) is 0 Å². The normalized spacial score (nSPS) is 13.5. The Hall–Kier alpha value is -8.25. The number of hydrogen-bond donors (Lipinski definition) is 0. The zero-order chi connectivity index (χ0) is 56.9. The molecule has 404 valence electrons. The van der Waals surface area contributed by atoms with Crippen molar-refractivity contribution in [3.63, 3.8) is 0 Å². The SMILES string of the molecule is CC(C)(C)c1ccc2c(c1)c1cc(C(C)(C)C)ccc1n2-c1ccc2c(c1)Oc1cc(Cl)cc3c1B2c1ccc(-n2c4ccc(C(C)(C)C)cc4c4cc(C(C)(C)C)ccc42)cc1N3c1c(-c2ccccc2)cccc1-c1ccccc1. The molecular formula is C76H69BClN3O. The minimum Gasteiger partial charge on any atom is -0.458 e. The van der Waals surface area contributed by atoms with Gasteiger partial charge in [0.25, 0.3) is 6.71 Å². The number of para-hydroxylation sites is 1. The number of benzene rings is 10. The van der Waals surface area contributed by atoms with E-state index in [0.717, 1.165) is 73.1 Å². The van der Waals surface area contributed by atoms with Gasteiger partial charge in [0.2, 0.25) is 0 Å². The van der Waals surface area contributed by atoms with Gasteiger partial charge in [-0.3, -0.25) is 0 Å². The fourth-order valence-electron chi connectivity index (χ4n) is 13.2. The van der Waals surface area contributed by atoms with Crippen LogP contribution in [-0.4, -0.2) is 15.8 Å². The first-order valence-corrected chi connectivity index (χ1v) is 29.5. The second-order valence-electron chi connectivity index (χ2n) is 27.2. The van der Waals surface area contributed by atoms with Gasteiger partial charge < -0.3 is 18.8 Å². The Morgan fingerprint density at radius 3 is 1.21 bits per heavy atom. The van der Waals surface area contributed by atoms with Crippen LogP contribution in [0.15, 0.2) is 200 Å². The van der Waals surface area contributed by atoms with E-state index in [0.29, 0.717) is 5.02 Å². The molecule has 0 N–H and O–H groups in total. The molecule has 0 amide bonds. The summed E-state index contributed by atoms with van der Waals surface area (Å²) in [6.07, 6.45) is 0. The van der Waals surface area contributed by atoms with Crippen LogP contribution >= 0.6 is 11.6 Å². The molecule has 0 saturated carbocycles. The van der Waals surface area contributed by atoms with Crippen molar-refractivity contribution in [2.45, 2.75) is 105 Å². The summed E-state index contributed by atoms with van der Waals surface area (Å²) in [6, 6.07) is 75.0. The van der Waals surface area contributed by atoms with Gasteiger partial charge in [-0.15, -0.1) is 0 Å². The Bertz CT molecular complexity index is 4390. The molecule has 4 nitrogen and oxygen atoms in total. The quantitative estimate of drug-likeness (QED) is 0.160. The number of aromatic nitrogens is 2. The lowest BCUT2D eigenvalue weighted by atomic mass is 9.34. The summed E-state index contributed by atoms with van der Waals surface area (Å²) < 4.78 is 12.3. The Balaban J connectivity index is 1.04. The van der Waals surface area contributed by atoms with E-state index >= 15 is 0 Å². The molecule has 2 aromatic heterocycles. The predicted octanol–water partition coefficient (Wildman–Crippen LogP) is 19.5. The highest BCUT2D eigenvalue weighted by molar-refractivity contribution is 6.99. The molecule has 0 atom stereocenters. The van der Waals surface area contributed by atoms with E-state index in [4.69, 9.17) is 16.3 Å². The highest BCUT2D eigenvalue weighted by Crippen LogP contribution is 2.51. The summed E-state index contributed by atoms with van der Waals surface area (Å²) in [7, 11) is 0. The van der Waals surface area contributed by atoms with Crippen LogP contribution in [0.25, 0.3) is 77.2 Å². The van der Waals surface area contributed by atoms with E-state index in [1.54, 1.807) is 0 Å². The van der Waals surface area contributed by atoms with Crippen LogP contribution in [0.1, 0.15) is 105 Å². The summed E-state index contributed by atoms with van der Waals surface area (Å²) in [5, 5.41) is 5.63. The van der Waals surface area contributed by atoms with Gasteiger partial charge in [0.05, 0.1) is 27.8 Å². The van der Waals surface area contributed by atoms with Gasteiger partial charge in [0.15, 0.2) is 0 Å². The Morgan fingerprint density at radius 2 is 0.780 bits per heavy atom. The van der Waals surface area contributed by atoms with Crippen molar-refractivity contribution in [3.05, 3.63) is 227 Å². The topological polar surface area (TPSA) is 22.3 Å². The number of ether oxygens (including phenoxy) is 1. The highest BCUT2D eigenvalue weighted by Gasteiger charge is 2.44. The molecular weight excluding hydrogens is 1020 g/mol. The van der Waals surface area contributed by atoms with Crippen molar-refractivity contribution in [3.8, 4) is 45.1 Å². The highest BCUT2D eigenvalue weighted by atomic mass is 35.5. The maximum atomic E-state index is 7.50. The van der Waals surface area contributed by atoms with Crippen molar-refractivity contribution in [2.75, 3.05) is 4.90 Å². The van der Waals surface area contributed by atoms with Crippen LogP contribution in [0.4, 0.5) is 17.1 Å². The lowest BCUT2D eigenvalue weighted by Crippen LogP contribution is -2.59. The van der Waals surface area contributed by atoms with Gasteiger partial charge >= 0.3 is 0 Å². The Kier molecular flexibility index (Phi) is 11.6. The third-order valence-corrected chi connectivity index (χ3v) is 17.9. The second-order valence-corrected chi connectivity index (χ2v) is 27.6. The average molecular weight is 1090 g/mol. The van der Waals surface area contributed by atoms with Gasteiger partial charge in [-0.05, 0) is 150 Å². The zero-order valence-corrected chi connectivity index (χ0v) is 50.0. The minimum absolute atomic E-state index is 0.00738. The van der Waals surface area contributed by atoms with Crippen LogP contribution in [0.2, 0.25) is 5.02 Å². The number of anilines is 3. The first-order valence-electron chi connectivity index (χ1n) is 29.1. The Morgan fingerprint density at radius 1 is 0.366 bits per heavy atom. The standard InChI is InChI=1S/C76H69BClN3O/c1-73(2,3)48-26-34-63-57(38-48)58-39-49(74(4,5)6)27-35-64(58)79(63)53-30-32-61-67(44-53)81(72-55(46-20-15-13-16-21-46)24-19-25-56(72)47-22-17-14-18-23-47)68-42-52(78)43-70-71(68)77(61)62-33-31-54(45-69(62)82-70)80-65-36-28-50(75(7,8)9)40-59(65)60-41-51(76(10,11)12)29-37-66(60)80/h13-45H,1-12H3.